The highest BCUT2D eigenvalue weighted by molar-refractivity contribution is 6.36. The number of nitrogens with one attached hydrogen (secondary N) is 1. The summed E-state index contributed by atoms with van der Waals surface area (Å²) in [7, 11) is 0. The van der Waals surface area contributed by atoms with E-state index in [1.165, 1.54) is 0 Å². The smallest absolute Gasteiger partial charge is 0.222 e. The van der Waals surface area contributed by atoms with Crippen LogP contribution >= 0.6 is 23.2 Å². The molecule has 2 N–H and O–H groups in total. The number of ether oxygens (including phenoxy) is 1. The van der Waals surface area contributed by atoms with Crippen LogP contribution in [0.3, 0.4) is 0 Å². The molecule has 0 saturated heterocycles. The van der Waals surface area contributed by atoms with E-state index in [0.29, 0.717) is 22.2 Å². The molecule has 1 aromatic carbocycles. The minimum atomic E-state index is -0.939. The number of aliphatic hydroxyl groups excluding tert-OH is 1. The number of amides is 1. The monoisotopic (exact) mass is 319 g/mol. The van der Waals surface area contributed by atoms with Gasteiger partial charge in [0, 0.05) is 28.6 Å². The molecule has 20 heavy (non-hydrogen) atoms. The minimum absolute atomic E-state index is 0.0595. The summed E-state index contributed by atoms with van der Waals surface area (Å²) in [6.07, 6.45) is -0.595. The van der Waals surface area contributed by atoms with Crippen molar-refractivity contribution in [2.24, 2.45) is 0 Å². The van der Waals surface area contributed by atoms with E-state index in [2.05, 4.69) is 5.32 Å². The third-order valence-electron chi connectivity index (χ3n) is 2.61. The molecular formula is C14H19Cl2NO3. The molecule has 0 bridgehead atoms. The maximum absolute atomic E-state index is 11.6. The van der Waals surface area contributed by atoms with Crippen LogP contribution in [-0.2, 0) is 9.53 Å². The Bertz CT molecular complexity index is 432. The molecule has 0 radical (unpaired) electrons. The second kappa shape index (κ2) is 8.47. The van der Waals surface area contributed by atoms with Crippen molar-refractivity contribution >= 4 is 29.1 Å². The van der Waals surface area contributed by atoms with Crippen LogP contribution in [0.25, 0.3) is 0 Å². The van der Waals surface area contributed by atoms with E-state index in [1.54, 1.807) is 18.2 Å². The van der Waals surface area contributed by atoms with Crippen LogP contribution < -0.4 is 5.32 Å². The first-order valence-electron chi connectivity index (χ1n) is 6.42. The fourth-order valence-electron chi connectivity index (χ4n) is 1.62. The average Bonchev–Trinajstić information content (AvgIpc) is 2.35. The van der Waals surface area contributed by atoms with Crippen molar-refractivity contribution in [1.29, 1.82) is 0 Å². The topological polar surface area (TPSA) is 58.6 Å². The zero-order valence-electron chi connectivity index (χ0n) is 11.5. The SMILES string of the molecule is CC(C)OCCC(=O)NCC(O)c1c(Cl)cccc1Cl. The van der Waals surface area contributed by atoms with Crippen LogP contribution in [0.2, 0.25) is 10.0 Å². The van der Waals surface area contributed by atoms with Gasteiger partial charge in [0.05, 0.1) is 18.8 Å². The fraction of sp³-hybridized carbons (Fsp3) is 0.500. The van der Waals surface area contributed by atoms with Crippen LogP contribution in [0.5, 0.6) is 0 Å². The number of benzene rings is 1. The lowest BCUT2D eigenvalue weighted by Gasteiger charge is -2.15. The maximum atomic E-state index is 11.6. The maximum Gasteiger partial charge on any atom is 0.222 e. The molecule has 4 nitrogen and oxygen atoms in total. The quantitative estimate of drug-likeness (QED) is 0.812. The Morgan fingerprint density at radius 1 is 1.35 bits per heavy atom. The number of carbonyl (C=O) groups is 1. The van der Waals surface area contributed by atoms with E-state index in [9.17, 15) is 9.90 Å². The highest BCUT2D eigenvalue weighted by Gasteiger charge is 2.16. The van der Waals surface area contributed by atoms with Crippen LogP contribution in [0.4, 0.5) is 0 Å². The molecule has 1 aromatic rings. The van der Waals surface area contributed by atoms with E-state index in [1.807, 2.05) is 13.8 Å². The largest absolute Gasteiger partial charge is 0.386 e. The Kier molecular flexibility index (Phi) is 7.30. The van der Waals surface area contributed by atoms with Gasteiger partial charge in [0.1, 0.15) is 0 Å². The molecule has 0 fully saturated rings. The molecule has 0 heterocycles. The first-order chi connectivity index (χ1) is 9.41. The van der Waals surface area contributed by atoms with Crippen molar-refractivity contribution in [1.82, 2.24) is 5.32 Å². The predicted octanol–water partition coefficient (Wildman–Crippen LogP) is 2.96. The van der Waals surface area contributed by atoms with E-state index in [-0.39, 0.29) is 25.0 Å². The molecule has 1 rings (SSSR count). The summed E-state index contributed by atoms with van der Waals surface area (Å²) in [6.45, 7) is 4.22. The van der Waals surface area contributed by atoms with E-state index in [4.69, 9.17) is 27.9 Å². The molecule has 0 aliphatic carbocycles. The highest BCUT2D eigenvalue weighted by atomic mass is 35.5. The summed E-state index contributed by atoms with van der Waals surface area (Å²) in [5.74, 6) is -0.187. The van der Waals surface area contributed by atoms with Gasteiger partial charge in [-0.25, -0.2) is 0 Å². The lowest BCUT2D eigenvalue weighted by Crippen LogP contribution is -2.29. The molecule has 1 unspecified atom stereocenters. The number of hydrogen-bond acceptors (Lipinski definition) is 3. The van der Waals surface area contributed by atoms with E-state index in [0.717, 1.165) is 0 Å². The third kappa shape index (κ3) is 5.67. The van der Waals surface area contributed by atoms with Crippen LogP contribution in [-0.4, -0.2) is 30.3 Å². The summed E-state index contributed by atoms with van der Waals surface area (Å²) in [6, 6.07) is 4.98. The summed E-state index contributed by atoms with van der Waals surface area (Å²) < 4.78 is 5.28. The molecule has 6 heteroatoms. The molecule has 0 spiro atoms. The minimum Gasteiger partial charge on any atom is -0.386 e. The van der Waals surface area contributed by atoms with Gasteiger partial charge in [-0.2, -0.15) is 0 Å². The third-order valence-corrected chi connectivity index (χ3v) is 3.26. The first kappa shape index (κ1) is 17.2. The molecule has 0 aliphatic rings. The lowest BCUT2D eigenvalue weighted by atomic mass is 10.1. The van der Waals surface area contributed by atoms with E-state index < -0.39 is 6.10 Å². The summed E-state index contributed by atoms with van der Waals surface area (Å²) in [5.41, 5.74) is 0.426. The number of hydrogen-bond donors (Lipinski definition) is 2. The zero-order valence-corrected chi connectivity index (χ0v) is 13.0. The summed E-state index contributed by atoms with van der Waals surface area (Å²) in [4.78, 5) is 11.6. The standard InChI is InChI=1S/C14H19Cl2NO3/c1-9(2)20-7-6-13(19)17-8-12(18)14-10(15)4-3-5-11(14)16/h3-5,9,12,18H,6-8H2,1-2H3,(H,17,19). The Morgan fingerprint density at radius 3 is 2.50 bits per heavy atom. The van der Waals surface area contributed by atoms with Gasteiger partial charge in [0.25, 0.3) is 0 Å². The number of carbonyl (C=O) groups excluding carboxylic acids is 1. The van der Waals surface area contributed by atoms with Crippen LogP contribution in [0, 0.1) is 0 Å². The van der Waals surface area contributed by atoms with Gasteiger partial charge >= 0.3 is 0 Å². The fourth-order valence-corrected chi connectivity index (χ4v) is 2.27. The van der Waals surface area contributed by atoms with E-state index >= 15 is 0 Å². The molecule has 0 aromatic heterocycles. The Morgan fingerprint density at radius 2 is 1.95 bits per heavy atom. The van der Waals surface area contributed by atoms with Gasteiger partial charge < -0.3 is 15.2 Å². The van der Waals surface area contributed by atoms with Gasteiger partial charge in [-0.05, 0) is 26.0 Å². The Balaban J connectivity index is 2.43. The zero-order chi connectivity index (χ0) is 15.1. The Hall–Kier alpha value is -0.810. The van der Waals surface area contributed by atoms with Gasteiger partial charge in [-0.1, -0.05) is 29.3 Å². The molecule has 1 atom stereocenters. The first-order valence-corrected chi connectivity index (χ1v) is 7.17. The van der Waals surface area contributed by atoms with Crippen molar-refractivity contribution in [3.63, 3.8) is 0 Å². The highest BCUT2D eigenvalue weighted by Crippen LogP contribution is 2.29. The van der Waals surface area contributed by atoms with Crippen molar-refractivity contribution in [2.45, 2.75) is 32.5 Å². The van der Waals surface area contributed by atoms with Crippen molar-refractivity contribution < 1.29 is 14.6 Å². The van der Waals surface area contributed by atoms with Crippen LogP contribution in [0.1, 0.15) is 31.9 Å². The number of rotatable bonds is 7. The molecule has 0 saturated carbocycles. The van der Waals surface area contributed by atoms with Crippen molar-refractivity contribution in [3.05, 3.63) is 33.8 Å². The average molecular weight is 320 g/mol. The van der Waals surface area contributed by atoms with Gasteiger partial charge in [0.15, 0.2) is 0 Å². The lowest BCUT2D eigenvalue weighted by molar-refractivity contribution is -0.122. The summed E-state index contributed by atoms with van der Waals surface area (Å²) in [5, 5.41) is 13.4. The second-order valence-electron chi connectivity index (χ2n) is 4.62. The molecule has 112 valence electrons. The molecule has 1 amide bonds. The normalized spacial score (nSPS) is 12.5. The van der Waals surface area contributed by atoms with Gasteiger partial charge in [-0.15, -0.1) is 0 Å². The van der Waals surface area contributed by atoms with Gasteiger partial charge in [-0.3, -0.25) is 4.79 Å². The molecular weight excluding hydrogens is 301 g/mol. The molecule has 0 aliphatic heterocycles. The van der Waals surface area contributed by atoms with Crippen molar-refractivity contribution in [2.75, 3.05) is 13.2 Å². The number of aliphatic hydroxyl groups is 1. The second-order valence-corrected chi connectivity index (χ2v) is 5.44. The van der Waals surface area contributed by atoms with Gasteiger partial charge in [0.2, 0.25) is 5.91 Å². The van der Waals surface area contributed by atoms with Crippen molar-refractivity contribution in [3.8, 4) is 0 Å². The number of halogens is 2. The Labute approximate surface area is 129 Å². The predicted molar refractivity (Wildman–Crippen MR) is 80.1 cm³/mol. The summed E-state index contributed by atoms with van der Waals surface area (Å²) >= 11 is 12.0. The van der Waals surface area contributed by atoms with Crippen LogP contribution in [0.15, 0.2) is 18.2 Å².